The van der Waals surface area contributed by atoms with Crippen LogP contribution >= 0.6 is 0 Å². The van der Waals surface area contributed by atoms with Gasteiger partial charge in [0.2, 0.25) is 11.8 Å². The van der Waals surface area contributed by atoms with E-state index in [9.17, 15) is 19.2 Å². The first kappa shape index (κ1) is 22.1. The van der Waals surface area contributed by atoms with Gasteiger partial charge in [0.15, 0.2) is 5.69 Å². The second-order valence-corrected chi connectivity index (χ2v) is 9.08. The normalized spacial score (nSPS) is 22.1. The lowest BCUT2D eigenvalue weighted by molar-refractivity contribution is -0.136. The minimum atomic E-state index is -0.674. The number of aromatic nitrogens is 5. The largest absolute Gasteiger partial charge is 0.334 e. The van der Waals surface area contributed by atoms with Crippen LogP contribution in [-0.4, -0.2) is 84.3 Å². The summed E-state index contributed by atoms with van der Waals surface area (Å²) in [7, 11) is 0. The first-order chi connectivity index (χ1) is 17.5. The number of nitrogens with zero attached hydrogens (tertiary/aromatic N) is 6. The van der Waals surface area contributed by atoms with Crippen LogP contribution in [-0.2, 0) is 16.1 Å². The van der Waals surface area contributed by atoms with Crippen molar-refractivity contribution in [1.82, 2.24) is 45.6 Å². The smallest absolute Gasteiger partial charge is 0.276 e. The van der Waals surface area contributed by atoms with Crippen LogP contribution in [0.15, 0.2) is 36.8 Å². The third-order valence-corrected chi connectivity index (χ3v) is 6.87. The van der Waals surface area contributed by atoms with Crippen LogP contribution in [0.5, 0.6) is 0 Å². The molecule has 6 rings (SSSR count). The number of rotatable bonds is 4. The number of benzene rings is 1. The highest BCUT2D eigenvalue weighted by Gasteiger charge is 2.39. The summed E-state index contributed by atoms with van der Waals surface area (Å²) in [6.45, 7) is 1.97. The number of fused-ring (bicyclic) bond motifs is 1. The molecule has 13 heteroatoms. The van der Waals surface area contributed by atoms with E-state index in [2.05, 4.69) is 31.1 Å². The summed E-state index contributed by atoms with van der Waals surface area (Å²) in [6, 6.07) is 4.59. The number of amides is 4. The number of hydrogen-bond acceptors (Lipinski definition) is 8. The molecule has 3 aromatic rings. The minimum absolute atomic E-state index is 0.0217. The summed E-state index contributed by atoms with van der Waals surface area (Å²) in [5, 5.41) is 20.6. The summed E-state index contributed by atoms with van der Waals surface area (Å²) in [4.78, 5) is 53.2. The molecule has 36 heavy (non-hydrogen) atoms. The summed E-state index contributed by atoms with van der Waals surface area (Å²) in [5.74, 6) is -1.27. The van der Waals surface area contributed by atoms with E-state index in [1.165, 1.54) is 9.58 Å². The Morgan fingerprint density at radius 3 is 2.86 bits per heavy atom. The first-order valence-electron chi connectivity index (χ1n) is 11.7. The Labute approximate surface area is 204 Å². The molecule has 0 spiro atoms. The number of H-pyrrole nitrogens is 1. The predicted octanol–water partition coefficient (Wildman–Crippen LogP) is -0.462. The monoisotopic (exact) mass is 489 g/mol. The van der Waals surface area contributed by atoms with Crippen molar-refractivity contribution in [2.24, 2.45) is 0 Å². The third kappa shape index (κ3) is 3.82. The fourth-order valence-corrected chi connectivity index (χ4v) is 4.94. The van der Waals surface area contributed by atoms with Crippen LogP contribution < -0.4 is 10.6 Å². The SMILES string of the molecule is O=C1CCC(N2Cc3ccc(-n4cc(C(=O)N5CCNC(c6cn[nH]c6)C5)nn4)cc3C2=O)C(=O)N1. The van der Waals surface area contributed by atoms with Gasteiger partial charge in [-0.3, -0.25) is 29.6 Å². The van der Waals surface area contributed by atoms with Gasteiger partial charge in [-0.15, -0.1) is 5.10 Å². The van der Waals surface area contributed by atoms with Crippen molar-refractivity contribution in [2.75, 3.05) is 19.6 Å². The Balaban J connectivity index is 1.18. The van der Waals surface area contributed by atoms with Crippen LogP contribution in [0, 0.1) is 0 Å². The second-order valence-electron chi connectivity index (χ2n) is 9.08. The van der Waals surface area contributed by atoms with E-state index < -0.39 is 11.9 Å². The number of carbonyl (C=O) groups excluding carboxylic acids is 4. The van der Waals surface area contributed by atoms with E-state index in [-0.39, 0.29) is 35.9 Å². The van der Waals surface area contributed by atoms with E-state index in [0.29, 0.717) is 43.9 Å². The van der Waals surface area contributed by atoms with Gasteiger partial charge in [-0.2, -0.15) is 5.10 Å². The van der Waals surface area contributed by atoms with Crippen molar-refractivity contribution >= 4 is 23.6 Å². The third-order valence-electron chi connectivity index (χ3n) is 6.87. The maximum Gasteiger partial charge on any atom is 0.276 e. The van der Waals surface area contributed by atoms with Crippen molar-refractivity contribution in [1.29, 1.82) is 0 Å². The number of imide groups is 1. The highest BCUT2D eigenvalue weighted by atomic mass is 16.2. The number of aromatic amines is 1. The Hall–Kier alpha value is -4.39. The molecule has 0 aliphatic carbocycles. The number of nitrogens with one attached hydrogen (secondary N) is 3. The molecule has 4 amide bonds. The quantitative estimate of drug-likeness (QED) is 0.415. The van der Waals surface area contributed by atoms with E-state index in [1.807, 2.05) is 6.07 Å². The summed E-state index contributed by atoms with van der Waals surface area (Å²) in [6.07, 6.45) is 5.60. The zero-order valence-electron chi connectivity index (χ0n) is 19.2. The minimum Gasteiger partial charge on any atom is -0.334 e. The number of carbonyl (C=O) groups is 4. The van der Waals surface area contributed by atoms with Crippen molar-refractivity contribution in [3.63, 3.8) is 0 Å². The Bertz CT molecular complexity index is 1370. The van der Waals surface area contributed by atoms with Gasteiger partial charge >= 0.3 is 0 Å². The van der Waals surface area contributed by atoms with Gasteiger partial charge in [-0.05, 0) is 24.1 Å². The van der Waals surface area contributed by atoms with E-state index in [0.717, 1.165) is 11.1 Å². The van der Waals surface area contributed by atoms with Crippen molar-refractivity contribution in [3.8, 4) is 5.69 Å². The van der Waals surface area contributed by atoms with Crippen molar-refractivity contribution in [2.45, 2.75) is 31.5 Å². The van der Waals surface area contributed by atoms with E-state index >= 15 is 0 Å². The lowest BCUT2D eigenvalue weighted by atomic mass is 10.0. The van der Waals surface area contributed by atoms with Crippen molar-refractivity contribution < 1.29 is 19.2 Å². The maximum absolute atomic E-state index is 13.1. The number of piperidine rings is 1. The molecule has 2 unspecified atom stereocenters. The maximum atomic E-state index is 13.1. The van der Waals surface area contributed by atoms with E-state index in [4.69, 9.17) is 0 Å². The van der Waals surface area contributed by atoms with Gasteiger partial charge in [0, 0.05) is 49.9 Å². The van der Waals surface area contributed by atoms with Crippen LogP contribution in [0.25, 0.3) is 5.69 Å². The van der Waals surface area contributed by atoms with Gasteiger partial charge in [0.25, 0.3) is 11.8 Å². The molecule has 3 N–H and O–H groups in total. The predicted molar refractivity (Wildman–Crippen MR) is 123 cm³/mol. The highest BCUT2D eigenvalue weighted by molar-refractivity contribution is 6.05. The summed E-state index contributed by atoms with van der Waals surface area (Å²) in [5.41, 5.74) is 3.02. The lowest BCUT2D eigenvalue weighted by Gasteiger charge is -2.32. The molecular formula is C23H23N9O4. The molecule has 5 heterocycles. The molecule has 0 bridgehead atoms. The van der Waals surface area contributed by atoms with Gasteiger partial charge < -0.3 is 15.1 Å². The molecule has 0 radical (unpaired) electrons. The topological polar surface area (TPSA) is 158 Å². The summed E-state index contributed by atoms with van der Waals surface area (Å²) >= 11 is 0. The first-order valence-corrected chi connectivity index (χ1v) is 11.7. The average molecular weight is 489 g/mol. The molecule has 2 aromatic heterocycles. The molecule has 13 nitrogen and oxygen atoms in total. The van der Waals surface area contributed by atoms with Gasteiger partial charge in [-0.1, -0.05) is 11.3 Å². The van der Waals surface area contributed by atoms with Crippen LogP contribution in [0.4, 0.5) is 0 Å². The second kappa shape index (κ2) is 8.68. The molecule has 3 aliphatic heterocycles. The molecule has 1 aromatic carbocycles. The fraction of sp³-hybridized carbons (Fsp3) is 0.348. The zero-order valence-corrected chi connectivity index (χ0v) is 19.2. The zero-order chi connectivity index (χ0) is 24.8. The standard InChI is InChI=1S/C23H23N9O4/c33-20-4-3-19(21(34)27-20)31-10-13-1-2-15(7-16(13)22(31)35)32-12-18(28-29-32)23(36)30-6-5-24-17(11-30)14-8-25-26-9-14/h1-2,7-9,12,17,19,24H,3-6,10-11H2,(H,25,26)(H,27,33,34). The Kier molecular flexibility index (Phi) is 5.33. The molecule has 2 atom stereocenters. The Morgan fingerprint density at radius 1 is 1.17 bits per heavy atom. The average Bonchev–Trinajstić information content (AvgIpc) is 3.65. The van der Waals surface area contributed by atoms with Gasteiger partial charge in [0.05, 0.1) is 24.1 Å². The van der Waals surface area contributed by atoms with Crippen LogP contribution in [0.2, 0.25) is 0 Å². The van der Waals surface area contributed by atoms with Crippen LogP contribution in [0.1, 0.15) is 50.9 Å². The molecule has 0 saturated carbocycles. The van der Waals surface area contributed by atoms with E-state index in [1.54, 1.807) is 35.6 Å². The van der Waals surface area contributed by atoms with Crippen molar-refractivity contribution in [3.05, 3.63) is 59.2 Å². The van der Waals surface area contributed by atoms with Crippen LogP contribution in [0.3, 0.4) is 0 Å². The summed E-state index contributed by atoms with van der Waals surface area (Å²) < 4.78 is 1.46. The fourth-order valence-electron chi connectivity index (χ4n) is 4.94. The molecule has 2 fully saturated rings. The lowest BCUT2D eigenvalue weighted by Crippen LogP contribution is -2.52. The molecule has 3 aliphatic rings. The molecule has 184 valence electrons. The number of hydrogen-bond donors (Lipinski definition) is 3. The van der Waals surface area contributed by atoms with Gasteiger partial charge in [-0.25, -0.2) is 4.68 Å². The molecule has 2 saturated heterocycles. The van der Waals surface area contributed by atoms with Gasteiger partial charge in [0.1, 0.15) is 6.04 Å². The number of piperazine rings is 1. The molecular weight excluding hydrogens is 466 g/mol. The Morgan fingerprint density at radius 2 is 2.06 bits per heavy atom. The highest BCUT2D eigenvalue weighted by Crippen LogP contribution is 2.29.